The van der Waals surface area contributed by atoms with Gasteiger partial charge in [0.25, 0.3) is 0 Å². The molecule has 1 aromatic carbocycles. The lowest BCUT2D eigenvalue weighted by Crippen LogP contribution is -2.43. The molecule has 1 aliphatic rings. The first-order chi connectivity index (χ1) is 11.7. The molecule has 0 aliphatic carbocycles. The zero-order valence-corrected chi connectivity index (χ0v) is 15.0. The Morgan fingerprint density at radius 2 is 2.00 bits per heavy atom. The molecule has 0 bridgehead atoms. The molecule has 5 heteroatoms. The molecule has 0 saturated carbocycles. The lowest BCUT2D eigenvalue weighted by Gasteiger charge is -2.32. The third-order valence-electron chi connectivity index (χ3n) is 4.66. The summed E-state index contributed by atoms with van der Waals surface area (Å²) in [6, 6.07) is 7.09. The van der Waals surface area contributed by atoms with Crippen molar-refractivity contribution >= 4 is 5.96 Å². The monoisotopic (exact) mass is 334 g/mol. The molecule has 1 fully saturated rings. The Bertz CT molecular complexity index is 510. The third-order valence-corrected chi connectivity index (χ3v) is 4.66. The van der Waals surface area contributed by atoms with Crippen molar-refractivity contribution in [3.8, 4) is 0 Å². The van der Waals surface area contributed by atoms with Gasteiger partial charge in [-0.2, -0.15) is 0 Å². The minimum absolute atomic E-state index is 0.0942. The second-order valence-corrected chi connectivity index (χ2v) is 6.54. The van der Waals surface area contributed by atoms with Crippen molar-refractivity contribution in [3.63, 3.8) is 0 Å². The zero-order chi connectivity index (χ0) is 17.2. The number of hydrogen-bond acceptors (Lipinski definition) is 2. The number of unbranched alkanes of at least 4 members (excludes halogenated alkanes) is 1. The summed E-state index contributed by atoms with van der Waals surface area (Å²) in [7, 11) is 1.82. The second kappa shape index (κ2) is 10.3. The topological polar surface area (TPSA) is 39.7 Å². The van der Waals surface area contributed by atoms with Gasteiger partial charge in [-0.25, -0.2) is 4.39 Å². The first kappa shape index (κ1) is 18.7. The highest BCUT2D eigenvalue weighted by Gasteiger charge is 2.20. The molecule has 4 nitrogen and oxygen atoms in total. The maximum absolute atomic E-state index is 13.7. The fraction of sp³-hybridized carbons (Fsp3) is 0.632. The number of halogens is 1. The molecule has 1 aliphatic heterocycles. The van der Waals surface area contributed by atoms with Crippen molar-refractivity contribution in [1.29, 1.82) is 0 Å². The lowest BCUT2D eigenvalue weighted by molar-refractivity contribution is 0.176. The molecule has 0 spiro atoms. The molecule has 1 heterocycles. The standard InChI is InChI=1S/C19H31FN4/c1-3-4-11-22-19(21-2)23-14-16-9-12-24(13-10-16)15-17-7-5-6-8-18(17)20/h5-8,16H,3-4,9-15H2,1-2H3,(H2,21,22,23). The fourth-order valence-corrected chi connectivity index (χ4v) is 3.06. The minimum Gasteiger partial charge on any atom is -0.356 e. The van der Waals surface area contributed by atoms with E-state index in [-0.39, 0.29) is 5.82 Å². The van der Waals surface area contributed by atoms with E-state index < -0.39 is 0 Å². The number of piperidine rings is 1. The van der Waals surface area contributed by atoms with Gasteiger partial charge in [0.05, 0.1) is 0 Å². The molecular formula is C19H31FN4. The van der Waals surface area contributed by atoms with Gasteiger partial charge in [-0.1, -0.05) is 31.5 Å². The average Bonchev–Trinajstić information content (AvgIpc) is 2.61. The lowest BCUT2D eigenvalue weighted by atomic mass is 9.96. The predicted molar refractivity (Wildman–Crippen MR) is 98.7 cm³/mol. The molecule has 1 saturated heterocycles. The van der Waals surface area contributed by atoms with E-state index in [4.69, 9.17) is 0 Å². The molecule has 2 N–H and O–H groups in total. The molecule has 24 heavy (non-hydrogen) atoms. The molecule has 134 valence electrons. The predicted octanol–water partition coefficient (Wildman–Crippen LogP) is 3.00. The summed E-state index contributed by atoms with van der Waals surface area (Å²) in [6.45, 7) is 6.89. The van der Waals surface area contributed by atoms with Gasteiger partial charge >= 0.3 is 0 Å². The number of aliphatic imine (C=N–C) groups is 1. The van der Waals surface area contributed by atoms with Crippen molar-refractivity contribution in [2.24, 2.45) is 10.9 Å². The van der Waals surface area contributed by atoms with Crippen molar-refractivity contribution in [3.05, 3.63) is 35.6 Å². The van der Waals surface area contributed by atoms with E-state index in [2.05, 4.69) is 27.4 Å². The Labute approximate surface area is 145 Å². The van der Waals surface area contributed by atoms with Gasteiger partial charge in [0.2, 0.25) is 0 Å². The van der Waals surface area contributed by atoms with Gasteiger partial charge in [0, 0.05) is 32.2 Å². The van der Waals surface area contributed by atoms with E-state index in [1.54, 1.807) is 12.1 Å². The Morgan fingerprint density at radius 3 is 2.67 bits per heavy atom. The van der Waals surface area contributed by atoms with E-state index >= 15 is 0 Å². The highest BCUT2D eigenvalue weighted by atomic mass is 19.1. The normalized spacial score (nSPS) is 17.0. The van der Waals surface area contributed by atoms with E-state index in [0.29, 0.717) is 12.5 Å². The number of hydrogen-bond donors (Lipinski definition) is 2. The van der Waals surface area contributed by atoms with E-state index in [1.807, 2.05) is 19.2 Å². The van der Waals surface area contributed by atoms with Crippen LogP contribution in [0.5, 0.6) is 0 Å². The van der Waals surface area contributed by atoms with Crippen molar-refractivity contribution in [1.82, 2.24) is 15.5 Å². The first-order valence-corrected chi connectivity index (χ1v) is 9.13. The van der Waals surface area contributed by atoms with Crippen molar-refractivity contribution < 1.29 is 4.39 Å². The van der Waals surface area contributed by atoms with E-state index in [9.17, 15) is 4.39 Å². The van der Waals surface area contributed by atoms with Gasteiger partial charge in [-0.3, -0.25) is 9.89 Å². The number of likely N-dealkylation sites (tertiary alicyclic amines) is 1. The summed E-state index contributed by atoms with van der Waals surface area (Å²) in [6.07, 6.45) is 4.64. The maximum Gasteiger partial charge on any atom is 0.190 e. The van der Waals surface area contributed by atoms with Gasteiger partial charge in [-0.05, 0) is 44.3 Å². The van der Waals surface area contributed by atoms with Crippen LogP contribution >= 0.6 is 0 Å². The summed E-state index contributed by atoms with van der Waals surface area (Å²) < 4.78 is 13.7. The number of nitrogens with zero attached hydrogens (tertiary/aromatic N) is 2. The van der Waals surface area contributed by atoms with Gasteiger partial charge in [-0.15, -0.1) is 0 Å². The van der Waals surface area contributed by atoms with Crippen LogP contribution in [0.3, 0.4) is 0 Å². The first-order valence-electron chi connectivity index (χ1n) is 9.13. The number of benzene rings is 1. The second-order valence-electron chi connectivity index (χ2n) is 6.54. The highest BCUT2D eigenvalue weighted by Crippen LogP contribution is 2.19. The Balaban J connectivity index is 1.68. The number of rotatable bonds is 7. The minimum atomic E-state index is -0.0942. The van der Waals surface area contributed by atoms with Gasteiger partial charge in [0.1, 0.15) is 5.82 Å². The van der Waals surface area contributed by atoms with Crippen LogP contribution in [0.4, 0.5) is 4.39 Å². The summed E-state index contributed by atoms with van der Waals surface area (Å²) in [4.78, 5) is 6.62. The molecule has 0 aromatic heterocycles. The molecule has 1 aromatic rings. The van der Waals surface area contributed by atoms with E-state index in [1.165, 1.54) is 6.42 Å². The van der Waals surface area contributed by atoms with Crippen LogP contribution in [0, 0.1) is 11.7 Å². The number of nitrogens with one attached hydrogen (secondary N) is 2. The van der Waals surface area contributed by atoms with Crippen LogP contribution in [0.25, 0.3) is 0 Å². The molecule has 0 amide bonds. The average molecular weight is 334 g/mol. The van der Waals surface area contributed by atoms with Crippen LogP contribution in [0.15, 0.2) is 29.3 Å². The maximum atomic E-state index is 13.7. The van der Waals surface area contributed by atoms with Crippen molar-refractivity contribution in [2.45, 2.75) is 39.2 Å². The molecule has 0 unspecified atom stereocenters. The SMILES string of the molecule is CCCCNC(=NC)NCC1CCN(Cc2ccccc2F)CC1. The highest BCUT2D eigenvalue weighted by molar-refractivity contribution is 5.79. The summed E-state index contributed by atoms with van der Waals surface area (Å²) in [5.74, 6) is 1.46. The smallest absolute Gasteiger partial charge is 0.190 e. The summed E-state index contributed by atoms with van der Waals surface area (Å²) in [5.41, 5.74) is 0.801. The molecule has 0 radical (unpaired) electrons. The van der Waals surface area contributed by atoms with Crippen LogP contribution in [0.1, 0.15) is 38.2 Å². The molecule has 0 atom stereocenters. The van der Waals surface area contributed by atoms with Crippen LogP contribution in [0.2, 0.25) is 0 Å². The fourth-order valence-electron chi connectivity index (χ4n) is 3.06. The molecule has 2 rings (SSSR count). The Hall–Kier alpha value is -1.62. The Kier molecular flexibility index (Phi) is 8.02. The van der Waals surface area contributed by atoms with Gasteiger partial charge in [0.15, 0.2) is 5.96 Å². The summed E-state index contributed by atoms with van der Waals surface area (Å²) >= 11 is 0. The zero-order valence-electron chi connectivity index (χ0n) is 15.0. The van der Waals surface area contributed by atoms with Gasteiger partial charge < -0.3 is 10.6 Å². The quantitative estimate of drug-likeness (QED) is 0.457. The molecular weight excluding hydrogens is 303 g/mol. The largest absolute Gasteiger partial charge is 0.356 e. The Morgan fingerprint density at radius 1 is 1.25 bits per heavy atom. The van der Waals surface area contributed by atoms with Crippen LogP contribution < -0.4 is 10.6 Å². The van der Waals surface area contributed by atoms with Crippen molar-refractivity contribution in [2.75, 3.05) is 33.2 Å². The van der Waals surface area contributed by atoms with Crippen LogP contribution in [-0.2, 0) is 6.54 Å². The summed E-state index contributed by atoms with van der Waals surface area (Å²) in [5, 5.41) is 6.78. The van der Waals surface area contributed by atoms with E-state index in [0.717, 1.165) is 57.0 Å². The third kappa shape index (κ3) is 6.11. The number of guanidine groups is 1. The van der Waals surface area contributed by atoms with Crippen LogP contribution in [-0.4, -0.2) is 44.1 Å².